The maximum absolute atomic E-state index is 13.3. The molecule has 3 N–H and O–H groups in total. The Balaban J connectivity index is 1.60. The molecule has 1 aliphatic carbocycles. The Morgan fingerprint density at radius 1 is 0.968 bits per heavy atom. The van der Waals surface area contributed by atoms with E-state index in [1.807, 2.05) is 6.07 Å². The summed E-state index contributed by atoms with van der Waals surface area (Å²) in [6, 6.07) is 9.81. The van der Waals surface area contributed by atoms with Crippen molar-refractivity contribution in [3.8, 4) is 0 Å². The number of carbonyl (C=O) groups is 3. The third-order valence-electron chi connectivity index (χ3n) is 5.00. The van der Waals surface area contributed by atoms with E-state index in [1.165, 1.54) is 6.92 Å². The van der Waals surface area contributed by atoms with Crippen molar-refractivity contribution in [2.24, 2.45) is 5.92 Å². The molecule has 0 unspecified atom stereocenters. The molecule has 0 aromatic heterocycles. The zero-order chi connectivity index (χ0) is 22.4. The van der Waals surface area contributed by atoms with E-state index < -0.39 is 35.5 Å². The molecule has 0 radical (unpaired) electrons. The van der Waals surface area contributed by atoms with Crippen LogP contribution < -0.4 is 16.0 Å². The van der Waals surface area contributed by atoms with Crippen molar-refractivity contribution in [1.29, 1.82) is 0 Å². The maximum Gasteiger partial charge on any atom is 0.247 e. The van der Waals surface area contributed by atoms with Gasteiger partial charge in [-0.15, -0.1) is 0 Å². The van der Waals surface area contributed by atoms with E-state index in [0.29, 0.717) is 18.0 Å². The maximum atomic E-state index is 13.3. The lowest BCUT2D eigenvalue weighted by Gasteiger charge is -2.21. The third-order valence-corrected chi connectivity index (χ3v) is 5.00. The molecule has 3 rings (SSSR count). The van der Waals surface area contributed by atoms with Crippen molar-refractivity contribution in [3.63, 3.8) is 0 Å². The van der Waals surface area contributed by atoms with E-state index >= 15 is 0 Å². The first-order chi connectivity index (χ1) is 14.8. The monoisotopic (exact) mass is 429 g/mol. The van der Waals surface area contributed by atoms with E-state index in [1.54, 1.807) is 24.3 Å². The van der Waals surface area contributed by atoms with Crippen molar-refractivity contribution in [3.05, 3.63) is 71.3 Å². The zero-order valence-corrected chi connectivity index (χ0v) is 17.2. The number of halogens is 2. The SMILES string of the molecule is C[C@H](NC(=O)Cc1cc(F)cc(F)c1)C(=O)N[C@H](C(=O)NCC1CC1)c1ccccc1. The second-order valence-corrected chi connectivity index (χ2v) is 7.78. The molecule has 31 heavy (non-hydrogen) atoms. The van der Waals surface area contributed by atoms with Gasteiger partial charge in [0.25, 0.3) is 0 Å². The van der Waals surface area contributed by atoms with Gasteiger partial charge in [-0.25, -0.2) is 8.78 Å². The van der Waals surface area contributed by atoms with E-state index in [9.17, 15) is 23.2 Å². The first kappa shape index (κ1) is 22.4. The second kappa shape index (κ2) is 10.1. The molecule has 2 aromatic rings. The molecule has 0 bridgehead atoms. The van der Waals surface area contributed by atoms with Gasteiger partial charge in [0.15, 0.2) is 0 Å². The lowest BCUT2D eigenvalue weighted by Crippen LogP contribution is -2.49. The summed E-state index contributed by atoms with van der Waals surface area (Å²) < 4.78 is 26.6. The first-order valence-corrected chi connectivity index (χ1v) is 10.2. The molecule has 1 saturated carbocycles. The number of nitrogens with one attached hydrogen (secondary N) is 3. The minimum absolute atomic E-state index is 0.157. The van der Waals surface area contributed by atoms with Crippen LogP contribution in [0.1, 0.15) is 36.9 Å². The van der Waals surface area contributed by atoms with Crippen LogP contribution in [0, 0.1) is 17.6 Å². The number of benzene rings is 2. The summed E-state index contributed by atoms with van der Waals surface area (Å²) in [7, 11) is 0. The van der Waals surface area contributed by atoms with Crippen LogP contribution in [0.4, 0.5) is 8.78 Å². The molecule has 0 heterocycles. The average molecular weight is 429 g/mol. The first-order valence-electron chi connectivity index (χ1n) is 10.2. The number of amides is 3. The molecule has 6 nitrogen and oxygen atoms in total. The van der Waals surface area contributed by atoms with Gasteiger partial charge >= 0.3 is 0 Å². The van der Waals surface area contributed by atoms with Crippen molar-refractivity contribution in [2.45, 2.75) is 38.3 Å². The smallest absolute Gasteiger partial charge is 0.247 e. The summed E-state index contributed by atoms with van der Waals surface area (Å²) in [6.45, 7) is 2.04. The lowest BCUT2D eigenvalue weighted by molar-refractivity contribution is -0.131. The molecular formula is C23H25F2N3O3. The minimum Gasteiger partial charge on any atom is -0.354 e. The largest absolute Gasteiger partial charge is 0.354 e. The molecule has 0 saturated heterocycles. The Bertz CT molecular complexity index is 928. The van der Waals surface area contributed by atoms with Crippen molar-refractivity contribution < 1.29 is 23.2 Å². The highest BCUT2D eigenvalue weighted by molar-refractivity contribution is 5.92. The summed E-state index contributed by atoms with van der Waals surface area (Å²) in [5, 5.41) is 8.03. The summed E-state index contributed by atoms with van der Waals surface area (Å²) >= 11 is 0. The van der Waals surface area contributed by atoms with Gasteiger partial charge in [-0.3, -0.25) is 14.4 Å². The predicted octanol–water partition coefficient (Wildman–Crippen LogP) is 2.40. The molecule has 0 spiro atoms. The highest BCUT2D eigenvalue weighted by Gasteiger charge is 2.28. The number of hydrogen-bond donors (Lipinski definition) is 3. The Kier molecular flexibility index (Phi) is 7.33. The van der Waals surface area contributed by atoms with Gasteiger partial charge in [0.05, 0.1) is 6.42 Å². The Labute approximate surface area is 179 Å². The number of carbonyl (C=O) groups excluding carboxylic acids is 3. The topological polar surface area (TPSA) is 87.3 Å². The van der Waals surface area contributed by atoms with Crippen molar-refractivity contribution in [2.75, 3.05) is 6.54 Å². The van der Waals surface area contributed by atoms with E-state index in [2.05, 4.69) is 16.0 Å². The normalized spacial score (nSPS) is 14.9. The van der Waals surface area contributed by atoms with Gasteiger partial charge in [-0.05, 0) is 48.9 Å². The Morgan fingerprint density at radius 3 is 2.23 bits per heavy atom. The fourth-order valence-electron chi connectivity index (χ4n) is 3.14. The standard InChI is InChI=1S/C23H25F2N3O3/c1-14(27-20(29)11-16-9-18(24)12-19(25)10-16)22(30)28-21(17-5-3-2-4-6-17)23(31)26-13-15-7-8-15/h2-6,9-10,12,14-15,21H,7-8,11,13H2,1H3,(H,26,31)(H,27,29)(H,28,30)/t14-,21-/m0/s1. The summed E-state index contributed by atoms with van der Waals surface area (Å²) in [5.74, 6) is -2.51. The lowest BCUT2D eigenvalue weighted by atomic mass is 10.1. The van der Waals surface area contributed by atoms with Crippen LogP contribution in [0.15, 0.2) is 48.5 Å². The van der Waals surface area contributed by atoms with Crippen LogP contribution in [0.25, 0.3) is 0 Å². The Hall–Kier alpha value is -3.29. The summed E-state index contributed by atoms with van der Waals surface area (Å²) in [5.41, 5.74) is 0.780. The van der Waals surface area contributed by atoms with Gasteiger partial charge in [0.1, 0.15) is 23.7 Å². The summed E-state index contributed by atoms with van der Waals surface area (Å²) in [4.78, 5) is 37.5. The quantitative estimate of drug-likeness (QED) is 0.572. The predicted molar refractivity (Wildman–Crippen MR) is 111 cm³/mol. The van der Waals surface area contributed by atoms with Crippen molar-refractivity contribution >= 4 is 17.7 Å². The summed E-state index contributed by atoms with van der Waals surface area (Å²) in [6.07, 6.45) is 1.89. The van der Waals surface area contributed by atoms with Gasteiger partial charge < -0.3 is 16.0 Å². The van der Waals surface area contributed by atoms with Crippen LogP contribution in [0.3, 0.4) is 0 Å². The van der Waals surface area contributed by atoms with Crippen LogP contribution >= 0.6 is 0 Å². The molecule has 0 aliphatic heterocycles. The van der Waals surface area contributed by atoms with Crippen LogP contribution in [-0.4, -0.2) is 30.3 Å². The average Bonchev–Trinajstić information content (AvgIpc) is 3.54. The van der Waals surface area contributed by atoms with E-state index in [0.717, 1.165) is 31.0 Å². The molecule has 8 heteroatoms. The van der Waals surface area contributed by atoms with Gasteiger partial charge in [0, 0.05) is 12.6 Å². The highest BCUT2D eigenvalue weighted by atomic mass is 19.1. The van der Waals surface area contributed by atoms with E-state index in [-0.39, 0.29) is 17.9 Å². The van der Waals surface area contributed by atoms with Gasteiger partial charge in [-0.2, -0.15) is 0 Å². The molecule has 1 aliphatic rings. The van der Waals surface area contributed by atoms with Crippen LogP contribution in [-0.2, 0) is 20.8 Å². The zero-order valence-electron chi connectivity index (χ0n) is 17.2. The molecule has 164 valence electrons. The molecule has 2 aromatic carbocycles. The molecule has 3 amide bonds. The molecule has 2 atom stereocenters. The molecule has 1 fully saturated rings. The van der Waals surface area contributed by atoms with E-state index in [4.69, 9.17) is 0 Å². The number of rotatable bonds is 9. The highest BCUT2D eigenvalue weighted by Crippen LogP contribution is 2.27. The number of hydrogen-bond acceptors (Lipinski definition) is 3. The second-order valence-electron chi connectivity index (χ2n) is 7.78. The third kappa shape index (κ3) is 6.87. The minimum atomic E-state index is -0.951. The Morgan fingerprint density at radius 2 is 1.61 bits per heavy atom. The fraction of sp³-hybridized carbons (Fsp3) is 0.348. The van der Waals surface area contributed by atoms with Gasteiger partial charge in [0.2, 0.25) is 17.7 Å². The fourth-order valence-corrected chi connectivity index (χ4v) is 3.14. The molecular weight excluding hydrogens is 404 g/mol. The van der Waals surface area contributed by atoms with Crippen LogP contribution in [0.5, 0.6) is 0 Å². The van der Waals surface area contributed by atoms with Gasteiger partial charge in [-0.1, -0.05) is 30.3 Å². The van der Waals surface area contributed by atoms with Crippen molar-refractivity contribution in [1.82, 2.24) is 16.0 Å². The van der Waals surface area contributed by atoms with Crippen LogP contribution in [0.2, 0.25) is 0 Å².